The summed E-state index contributed by atoms with van der Waals surface area (Å²) in [6.45, 7) is 4.33. The van der Waals surface area contributed by atoms with Gasteiger partial charge in [-0.2, -0.15) is 5.10 Å². The highest BCUT2D eigenvalue weighted by Gasteiger charge is 2.17. The van der Waals surface area contributed by atoms with Crippen LogP contribution in [-0.2, 0) is 0 Å². The minimum Gasteiger partial charge on any atom is -0.267 e. The van der Waals surface area contributed by atoms with E-state index in [4.69, 9.17) is 0 Å². The molecule has 3 heteroatoms. The molecule has 1 N–H and O–H groups in total. The molecule has 2 bridgehead atoms. The van der Waals surface area contributed by atoms with Crippen molar-refractivity contribution >= 4 is 12.1 Å². The van der Waals surface area contributed by atoms with Crippen LogP contribution in [0, 0.1) is 5.92 Å². The number of fused-ring (bicyclic) bond motifs is 2. The van der Waals surface area contributed by atoms with Crippen LogP contribution in [0.5, 0.6) is 0 Å². The lowest BCUT2D eigenvalue weighted by Gasteiger charge is -2.10. The van der Waals surface area contributed by atoms with Crippen LogP contribution in [0.4, 0.5) is 0 Å². The molecule has 2 heterocycles. The van der Waals surface area contributed by atoms with Gasteiger partial charge in [-0.25, -0.2) is 0 Å². The van der Waals surface area contributed by atoms with E-state index in [0.717, 1.165) is 12.3 Å². The summed E-state index contributed by atoms with van der Waals surface area (Å²) in [6.07, 6.45) is 5.05. The van der Waals surface area contributed by atoms with Crippen molar-refractivity contribution in [3.63, 3.8) is 0 Å². The summed E-state index contributed by atoms with van der Waals surface area (Å²) in [5, 5.41) is 4.02. The van der Waals surface area contributed by atoms with Gasteiger partial charge < -0.3 is 0 Å². The third-order valence-corrected chi connectivity index (χ3v) is 2.39. The molecule has 2 atom stereocenters. The Kier molecular flexibility index (Phi) is 1.71. The lowest BCUT2D eigenvalue weighted by molar-refractivity contribution is 0.585. The fourth-order valence-electron chi connectivity index (χ4n) is 1.48. The van der Waals surface area contributed by atoms with Gasteiger partial charge in [-0.05, 0) is 18.4 Å². The van der Waals surface area contributed by atoms with Crippen LogP contribution in [0.15, 0.2) is 21.7 Å². The van der Waals surface area contributed by atoms with Gasteiger partial charge in [-0.15, -0.1) is 0 Å². The van der Waals surface area contributed by atoms with Gasteiger partial charge in [-0.1, -0.05) is 13.0 Å². The Hall–Kier alpha value is -1.12. The molecular formula is C9H13N3. The van der Waals surface area contributed by atoms with Crippen LogP contribution < -0.4 is 5.43 Å². The molecule has 0 radical (unpaired) electrons. The maximum atomic E-state index is 4.52. The summed E-state index contributed by atoms with van der Waals surface area (Å²) in [4.78, 5) is 4.52. The molecule has 12 heavy (non-hydrogen) atoms. The molecule has 0 aromatic heterocycles. The number of hydrogen-bond acceptors (Lipinski definition) is 3. The molecule has 0 fully saturated rings. The number of amidine groups is 1. The third-order valence-electron chi connectivity index (χ3n) is 2.39. The van der Waals surface area contributed by atoms with E-state index in [0.29, 0.717) is 12.0 Å². The molecule has 0 amide bonds. The monoisotopic (exact) mass is 163 g/mol. The number of nitrogens with one attached hydrogen (secondary N) is 1. The molecule has 64 valence electrons. The van der Waals surface area contributed by atoms with Crippen LogP contribution in [0.3, 0.4) is 0 Å². The summed E-state index contributed by atoms with van der Waals surface area (Å²) >= 11 is 0. The predicted molar refractivity (Wildman–Crippen MR) is 50.4 cm³/mol. The zero-order chi connectivity index (χ0) is 8.55. The molecule has 2 aliphatic heterocycles. The number of hydrazone groups is 1. The standard InChI is InChI=1S/C9H13N3/c1-6-3-8-4-9(11-7(6)2)12-10-5-8/h3,5-7H,4H2,1-2H3,(H,11,12)/t6-,7?/m0/s1. The Morgan fingerprint density at radius 3 is 3.17 bits per heavy atom. The Morgan fingerprint density at radius 1 is 1.50 bits per heavy atom. The first-order valence-electron chi connectivity index (χ1n) is 4.32. The SMILES string of the molecule is CC1N=C2CC(=C[C@@H]1C)C=NN2. The Bertz CT molecular complexity index is 275. The van der Waals surface area contributed by atoms with Crippen molar-refractivity contribution in [2.75, 3.05) is 0 Å². The number of aliphatic imine (C=N–C) groups is 1. The first kappa shape index (κ1) is 7.53. The first-order chi connectivity index (χ1) is 5.75. The minimum atomic E-state index is 0.367. The predicted octanol–water partition coefficient (Wildman–Crippen LogP) is 1.33. The van der Waals surface area contributed by atoms with E-state index < -0.39 is 0 Å². The number of rotatable bonds is 0. The van der Waals surface area contributed by atoms with Crippen molar-refractivity contribution in [2.24, 2.45) is 16.0 Å². The highest BCUT2D eigenvalue weighted by atomic mass is 15.3. The quantitative estimate of drug-likeness (QED) is 0.574. The second-order valence-electron chi connectivity index (χ2n) is 3.46. The van der Waals surface area contributed by atoms with Crippen LogP contribution >= 0.6 is 0 Å². The largest absolute Gasteiger partial charge is 0.267 e. The van der Waals surface area contributed by atoms with Gasteiger partial charge in [0, 0.05) is 6.42 Å². The van der Waals surface area contributed by atoms with Crippen molar-refractivity contribution in [1.82, 2.24) is 5.43 Å². The van der Waals surface area contributed by atoms with Crippen molar-refractivity contribution in [1.29, 1.82) is 0 Å². The van der Waals surface area contributed by atoms with Gasteiger partial charge in [0.2, 0.25) is 0 Å². The first-order valence-corrected chi connectivity index (χ1v) is 4.32. The Morgan fingerprint density at radius 2 is 2.33 bits per heavy atom. The highest BCUT2D eigenvalue weighted by Crippen LogP contribution is 2.18. The average molecular weight is 163 g/mol. The maximum Gasteiger partial charge on any atom is 0.121 e. The van der Waals surface area contributed by atoms with Crippen LogP contribution in [0.2, 0.25) is 0 Å². The summed E-state index contributed by atoms with van der Waals surface area (Å²) < 4.78 is 0. The van der Waals surface area contributed by atoms with Crippen molar-refractivity contribution in [3.8, 4) is 0 Å². The van der Waals surface area contributed by atoms with E-state index in [9.17, 15) is 0 Å². The summed E-state index contributed by atoms with van der Waals surface area (Å²) in [7, 11) is 0. The fraction of sp³-hybridized carbons (Fsp3) is 0.556. The number of nitrogens with zero attached hydrogens (tertiary/aromatic N) is 2. The van der Waals surface area contributed by atoms with E-state index in [2.05, 4.69) is 35.4 Å². The van der Waals surface area contributed by atoms with Crippen LogP contribution in [-0.4, -0.2) is 18.1 Å². The zero-order valence-corrected chi connectivity index (χ0v) is 7.41. The minimum absolute atomic E-state index is 0.367. The topological polar surface area (TPSA) is 36.8 Å². The second kappa shape index (κ2) is 2.73. The Balaban J connectivity index is 2.37. The van der Waals surface area contributed by atoms with Gasteiger partial charge >= 0.3 is 0 Å². The Labute approximate surface area is 72.3 Å². The van der Waals surface area contributed by atoms with E-state index in [-0.39, 0.29) is 0 Å². The molecule has 0 aromatic carbocycles. The van der Waals surface area contributed by atoms with E-state index in [1.807, 2.05) is 6.21 Å². The molecule has 0 saturated heterocycles. The van der Waals surface area contributed by atoms with Gasteiger partial charge in [0.25, 0.3) is 0 Å². The van der Waals surface area contributed by atoms with Crippen molar-refractivity contribution in [3.05, 3.63) is 11.6 Å². The summed E-state index contributed by atoms with van der Waals surface area (Å²) in [5.74, 6) is 1.52. The third kappa shape index (κ3) is 1.26. The van der Waals surface area contributed by atoms with E-state index >= 15 is 0 Å². The molecule has 0 spiro atoms. The van der Waals surface area contributed by atoms with Gasteiger partial charge in [-0.3, -0.25) is 10.4 Å². The van der Waals surface area contributed by atoms with E-state index in [1.54, 1.807) is 0 Å². The average Bonchev–Trinajstić information content (AvgIpc) is 2.11. The van der Waals surface area contributed by atoms with Gasteiger partial charge in [0.1, 0.15) is 5.84 Å². The van der Waals surface area contributed by atoms with Crippen molar-refractivity contribution in [2.45, 2.75) is 26.3 Å². The highest BCUT2D eigenvalue weighted by molar-refractivity contribution is 5.96. The lowest BCUT2D eigenvalue weighted by atomic mass is 10.0. The lowest BCUT2D eigenvalue weighted by Crippen LogP contribution is -2.23. The van der Waals surface area contributed by atoms with Gasteiger partial charge in [0.15, 0.2) is 0 Å². The fourth-order valence-corrected chi connectivity index (χ4v) is 1.48. The van der Waals surface area contributed by atoms with Gasteiger partial charge in [0.05, 0.1) is 12.3 Å². The molecule has 0 saturated carbocycles. The second-order valence-corrected chi connectivity index (χ2v) is 3.46. The summed E-state index contributed by atoms with van der Waals surface area (Å²) in [6, 6.07) is 0.367. The maximum absolute atomic E-state index is 4.52. The zero-order valence-electron chi connectivity index (χ0n) is 7.41. The van der Waals surface area contributed by atoms with E-state index in [1.165, 1.54) is 5.57 Å². The summed E-state index contributed by atoms with van der Waals surface area (Å²) in [5.41, 5.74) is 4.20. The van der Waals surface area contributed by atoms with Crippen LogP contribution in [0.1, 0.15) is 20.3 Å². The molecular weight excluding hydrogens is 150 g/mol. The molecule has 2 aliphatic rings. The van der Waals surface area contributed by atoms with Crippen molar-refractivity contribution < 1.29 is 0 Å². The molecule has 0 aromatic rings. The van der Waals surface area contributed by atoms with Crippen LogP contribution in [0.25, 0.3) is 0 Å². The molecule has 2 rings (SSSR count). The smallest absolute Gasteiger partial charge is 0.121 e. The normalized spacial score (nSPS) is 33.2. The molecule has 3 nitrogen and oxygen atoms in total. The number of hydrogen-bond donors (Lipinski definition) is 1. The molecule has 0 aliphatic carbocycles. The molecule has 1 unspecified atom stereocenters.